The van der Waals surface area contributed by atoms with Crippen LogP contribution >= 0.6 is 0 Å². The van der Waals surface area contributed by atoms with Crippen LogP contribution in [-0.2, 0) is 14.8 Å². The number of halogens is 1. The third-order valence-electron chi connectivity index (χ3n) is 2.69. The van der Waals surface area contributed by atoms with Crippen molar-refractivity contribution in [2.75, 3.05) is 13.7 Å². The molecule has 9 heteroatoms. The number of rotatable bonds is 6. The van der Waals surface area contributed by atoms with E-state index in [-0.39, 0.29) is 23.1 Å². The Morgan fingerprint density at radius 1 is 1.50 bits per heavy atom. The summed E-state index contributed by atoms with van der Waals surface area (Å²) in [5.74, 6) is -1.07. The topological polar surface area (TPSA) is 98.5 Å². The summed E-state index contributed by atoms with van der Waals surface area (Å²) in [5, 5.41) is 10.7. The molecule has 0 spiro atoms. The van der Waals surface area contributed by atoms with E-state index >= 15 is 0 Å². The van der Waals surface area contributed by atoms with Crippen LogP contribution in [0.3, 0.4) is 0 Å². The first-order valence-corrected chi connectivity index (χ1v) is 7.14. The average Bonchev–Trinajstić information content (AvgIpc) is 2.35. The van der Waals surface area contributed by atoms with Crippen LogP contribution in [0.2, 0.25) is 0 Å². The van der Waals surface area contributed by atoms with E-state index in [1.807, 2.05) is 0 Å². The molecule has 0 radical (unpaired) electrons. The summed E-state index contributed by atoms with van der Waals surface area (Å²) in [6.45, 7) is 3.02. The van der Waals surface area contributed by atoms with Crippen molar-refractivity contribution in [1.29, 1.82) is 0 Å². The van der Waals surface area contributed by atoms with E-state index < -0.39 is 26.5 Å². The van der Waals surface area contributed by atoms with Crippen LogP contribution in [0.1, 0.15) is 12.5 Å². The Bertz CT molecular complexity index is 617. The van der Waals surface area contributed by atoms with Gasteiger partial charge in [-0.3, -0.25) is 10.1 Å². The Balaban J connectivity index is 3.18. The second-order valence-corrected chi connectivity index (χ2v) is 5.96. The quantitative estimate of drug-likeness (QED) is 0.632. The fourth-order valence-electron chi connectivity index (χ4n) is 1.46. The first-order chi connectivity index (χ1) is 9.19. The number of nitrogens with zero attached hydrogens (tertiary/aromatic N) is 1. The lowest BCUT2D eigenvalue weighted by atomic mass is 10.2. The predicted octanol–water partition coefficient (Wildman–Crippen LogP) is 1.36. The molecule has 0 amide bonds. The van der Waals surface area contributed by atoms with Gasteiger partial charge < -0.3 is 4.74 Å². The summed E-state index contributed by atoms with van der Waals surface area (Å²) < 4.78 is 44.6. The van der Waals surface area contributed by atoms with Gasteiger partial charge >= 0.3 is 5.69 Å². The lowest BCUT2D eigenvalue weighted by molar-refractivity contribution is -0.387. The molecular weight excluding hydrogens is 291 g/mol. The van der Waals surface area contributed by atoms with Gasteiger partial charge in [-0.1, -0.05) is 0 Å². The largest absolute Gasteiger partial charge is 0.380 e. The van der Waals surface area contributed by atoms with Crippen LogP contribution in [0, 0.1) is 22.9 Å². The van der Waals surface area contributed by atoms with Crippen LogP contribution in [-0.4, -0.2) is 33.1 Å². The van der Waals surface area contributed by atoms with Crippen LogP contribution in [0.15, 0.2) is 17.0 Å². The van der Waals surface area contributed by atoms with Crippen molar-refractivity contribution >= 4 is 15.7 Å². The molecule has 1 aromatic rings. The highest BCUT2D eigenvalue weighted by molar-refractivity contribution is 7.89. The summed E-state index contributed by atoms with van der Waals surface area (Å²) in [6.07, 6.45) is -0.361. The molecule has 1 unspecified atom stereocenters. The third kappa shape index (κ3) is 3.71. The summed E-state index contributed by atoms with van der Waals surface area (Å²) in [6, 6.07) is 1.54. The van der Waals surface area contributed by atoms with Crippen LogP contribution < -0.4 is 4.72 Å². The van der Waals surface area contributed by atoms with Crippen molar-refractivity contribution in [3.8, 4) is 0 Å². The number of nitrogens with one attached hydrogen (secondary N) is 1. The molecule has 1 N–H and O–H groups in total. The highest BCUT2D eigenvalue weighted by Crippen LogP contribution is 2.25. The van der Waals surface area contributed by atoms with Gasteiger partial charge in [0.05, 0.1) is 15.9 Å². The molecule has 0 aromatic heterocycles. The molecule has 0 saturated carbocycles. The Morgan fingerprint density at radius 3 is 2.60 bits per heavy atom. The summed E-state index contributed by atoms with van der Waals surface area (Å²) >= 11 is 0. The minimum absolute atomic E-state index is 0.00342. The Morgan fingerprint density at radius 2 is 2.10 bits per heavy atom. The Hall–Kier alpha value is -1.58. The lowest BCUT2D eigenvalue weighted by Gasteiger charge is -2.12. The average molecular weight is 306 g/mol. The van der Waals surface area contributed by atoms with E-state index in [1.54, 1.807) is 6.92 Å². The molecule has 112 valence electrons. The first kappa shape index (κ1) is 16.5. The van der Waals surface area contributed by atoms with E-state index in [2.05, 4.69) is 4.72 Å². The zero-order valence-electron chi connectivity index (χ0n) is 11.2. The number of nitro benzene ring substituents is 1. The fourth-order valence-corrected chi connectivity index (χ4v) is 2.82. The molecule has 0 saturated heterocycles. The maximum atomic E-state index is 13.4. The molecular formula is C11H15FN2O5S. The molecule has 1 aromatic carbocycles. The number of hydrogen-bond acceptors (Lipinski definition) is 5. The van der Waals surface area contributed by atoms with Gasteiger partial charge in [0.2, 0.25) is 15.8 Å². The van der Waals surface area contributed by atoms with Gasteiger partial charge in [0.25, 0.3) is 0 Å². The predicted molar refractivity (Wildman–Crippen MR) is 69.5 cm³/mol. The lowest BCUT2D eigenvalue weighted by Crippen LogP contribution is -2.32. The van der Waals surface area contributed by atoms with Crippen molar-refractivity contribution in [3.05, 3.63) is 33.6 Å². The van der Waals surface area contributed by atoms with Gasteiger partial charge in [-0.05, 0) is 25.5 Å². The smallest absolute Gasteiger partial charge is 0.306 e. The second kappa shape index (κ2) is 6.25. The van der Waals surface area contributed by atoms with Crippen LogP contribution in [0.25, 0.3) is 0 Å². The van der Waals surface area contributed by atoms with E-state index in [9.17, 15) is 22.9 Å². The van der Waals surface area contributed by atoms with Gasteiger partial charge in [-0.2, -0.15) is 4.39 Å². The van der Waals surface area contributed by atoms with Crippen molar-refractivity contribution < 1.29 is 22.5 Å². The van der Waals surface area contributed by atoms with Crippen molar-refractivity contribution in [2.45, 2.75) is 24.8 Å². The van der Waals surface area contributed by atoms with Crippen LogP contribution in [0.4, 0.5) is 10.1 Å². The van der Waals surface area contributed by atoms with Gasteiger partial charge in [0, 0.05) is 19.7 Å². The molecule has 0 aliphatic heterocycles. The van der Waals surface area contributed by atoms with E-state index in [1.165, 1.54) is 14.0 Å². The first-order valence-electron chi connectivity index (χ1n) is 5.66. The SMILES string of the molecule is COC(C)CNS(=O)(=O)c1cc([N+](=O)[O-])c(F)cc1C. The number of ether oxygens (including phenoxy) is 1. The maximum Gasteiger partial charge on any atom is 0.306 e. The summed E-state index contributed by atoms with van der Waals surface area (Å²) in [7, 11) is -2.55. The van der Waals surface area contributed by atoms with Crippen molar-refractivity contribution in [1.82, 2.24) is 4.72 Å². The van der Waals surface area contributed by atoms with Crippen molar-refractivity contribution in [2.24, 2.45) is 0 Å². The molecule has 0 fully saturated rings. The summed E-state index contributed by atoms with van der Waals surface area (Å²) in [4.78, 5) is 9.36. The minimum atomic E-state index is -3.97. The van der Waals surface area contributed by atoms with E-state index in [4.69, 9.17) is 4.74 Å². The highest BCUT2D eigenvalue weighted by Gasteiger charge is 2.24. The van der Waals surface area contributed by atoms with Gasteiger partial charge in [0.15, 0.2) is 0 Å². The number of sulfonamides is 1. The zero-order valence-corrected chi connectivity index (χ0v) is 12.0. The number of aryl methyl sites for hydroxylation is 1. The molecule has 7 nitrogen and oxygen atoms in total. The van der Waals surface area contributed by atoms with Gasteiger partial charge in [-0.25, -0.2) is 13.1 Å². The normalized spacial score (nSPS) is 13.2. The molecule has 0 aliphatic rings. The Labute approximate surface area is 115 Å². The molecule has 0 bridgehead atoms. The van der Waals surface area contributed by atoms with Crippen LogP contribution in [0.5, 0.6) is 0 Å². The minimum Gasteiger partial charge on any atom is -0.380 e. The number of hydrogen-bond donors (Lipinski definition) is 1. The molecule has 0 heterocycles. The standard InChI is InChI=1S/C11H15FN2O5S/c1-7-4-9(12)10(14(15)16)5-11(7)20(17,18)13-6-8(2)19-3/h4-5,8,13H,6H2,1-3H3. The molecule has 0 aliphatic carbocycles. The number of benzene rings is 1. The number of methoxy groups -OCH3 is 1. The van der Waals surface area contributed by atoms with Gasteiger partial charge in [-0.15, -0.1) is 0 Å². The molecule has 1 rings (SSSR count). The summed E-state index contributed by atoms with van der Waals surface area (Å²) in [5.41, 5.74) is -0.790. The monoisotopic (exact) mass is 306 g/mol. The number of nitro groups is 1. The zero-order chi connectivity index (χ0) is 15.5. The van der Waals surface area contributed by atoms with E-state index in [0.29, 0.717) is 6.07 Å². The second-order valence-electron chi connectivity index (χ2n) is 4.22. The Kier molecular flexibility index (Phi) is 5.15. The molecule has 1 atom stereocenters. The van der Waals surface area contributed by atoms with Crippen molar-refractivity contribution in [3.63, 3.8) is 0 Å². The molecule has 20 heavy (non-hydrogen) atoms. The van der Waals surface area contributed by atoms with E-state index in [0.717, 1.165) is 6.07 Å². The van der Waals surface area contributed by atoms with Gasteiger partial charge in [0.1, 0.15) is 0 Å². The highest BCUT2D eigenvalue weighted by atomic mass is 32.2. The fraction of sp³-hybridized carbons (Fsp3) is 0.455. The maximum absolute atomic E-state index is 13.4. The third-order valence-corrected chi connectivity index (χ3v) is 4.26.